The van der Waals surface area contributed by atoms with E-state index in [4.69, 9.17) is 9.47 Å². The molecule has 2 aliphatic heterocycles. The molecule has 2 saturated heterocycles. The number of halogens is 1. The van der Waals surface area contributed by atoms with Crippen LogP contribution in [0.15, 0.2) is 30.5 Å². The summed E-state index contributed by atoms with van der Waals surface area (Å²) >= 11 is 0. The average molecular weight is 346 g/mol. The lowest BCUT2D eigenvalue weighted by Gasteiger charge is -2.46. The van der Waals surface area contributed by atoms with Crippen LogP contribution in [0.3, 0.4) is 0 Å². The molecule has 2 atom stereocenters. The number of carbonyl (C=O) groups is 1. The molecule has 5 nitrogen and oxygen atoms in total. The normalized spacial score (nSPS) is 26.7. The summed E-state index contributed by atoms with van der Waals surface area (Å²) in [4.78, 5) is 15.1. The van der Waals surface area contributed by atoms with Crippen LogP contribution in [0.5, 0.6) is 0 Å². The zero-order chi connectivity index (χ0) is 17.4. The summed E-state index contributed by atoms with van der Waals surface area (Å²) in [5.74, 6) is -0.317. The molecular formula is C19H23FN2O3. The zero-order valence-corrected chi connectivity index (χ0v) is 14.4. The summed E-state index contributed by atoms with van der Waals surface area (Å²) < 4.78 is 26.0. The summed E-state index contributed by atoms with van der Waals surface area (Å²) in [6, 6.07) is 8.17. The number of hydrogen-bond acceptors (Lipinski definition) is 4. The van der Waals surface area contributed by atoms with Crippen molar-refractivity contribution in [2.45, 2.75) is 37.6 Å². The summed E-state index contributed by atoms with van der Waals surface area (Å²) in [6.45, 7) is 1.16. The van der Waals surface area contributed by atoms with Gasteiger partial charge in [-0.15, -0.1) is 0 Å². The van der Waals surface area contributed by atoms with Crippen molar-refractivity contribution in [3.05, 3.63) is 36.0 Å². The first-order valence-electron chi connectivity index (χ1n) is 8.82. The molecule has 2 aromatic rings. The van der Waals surface area contributed by atoms with Gasteiger partial charge < -0.3 is 14.0 Å². The van der Waals surface area contributed by atoms with Crippen LogP contribution >= 0.6 is 0 Å². The molecule has 0 aliphatic carbocycles. The maximum absolute atomic E-state index is 12.8. The summed E-state index contributed by atoms with van der Waals surface area (Å²) in [5.41, 5.74) is 1.38. The molecule has 3 heterocycles. The first-order valence-corrected chi connectivity index (χ1v) is 8.82. The van der Waals surface area contributed by atoms with Crippen LogP contribution < -0.4 is 0 Å². The van der Waals surface area contributed by atoms with E-state index in [1.54, 1.807) is 10.8 Å². The van der Waals surface area contributed by atoms with Gasteiger partial charge in [0.2, 0.25) is 0 Å². The first kappa shape index (κ1) is 16.5. The van der Waals surface area contributed by atoms with Crippen LogP contribution in [0.25, 0.3) is 10.9 Å². The van der Waals surface area contributed by atoms with Crippen LogP contribution in [0.4, 0.5) is 4.39 Å². The lowest BCUT2D eigenvalue weighted by molar-refractivity contribution is -0.0970. The highest BCUT2D eigenvalue weighted by Gasteiger charge is 2.38. The number of para-hydroxylation sites is 1. The fraction of sp³-hybridized carbons (Fsp3) is 0.526. The standard InChI is InChI=1S/C19H23FN2O3/c1-21-13-8-15(9-14(21)12-24-11-13)25-19(23)17-10-22(7-6-20)18-5-3-2-4-16(17)18/h2-5,10,13-15H,6-9,11-12H2,1H3. The molecule has 25 heavy (non-hydrogen) atoms. The Morgan fingerprint density at radius 3 is 2.72 bits per heavy atom. The van der Waals surface area contributed by atoms with E-state index in [1.165, 1.54) is 0 Å². The van der Waals surface area contributed by atoms with Gasteiger partial charge in [-0.1, -0.05) is 18.2 Å². The van der Waals surface area contributed by atoms with Crippen molar-refractivity contribution >= 4 is 16.9 Å². The van der Waals surface area contributed by atoms with Crippen molar-refractivity contribution in [2.75, 3.05) is 26.9 Å². The second-order valence-electron chi connectivity index (χ2n) is 6.95. The Labute approximate surface area is 146 Å². The lowest BCUT2D eigenvalue weighted by atomic mass is 9.92. The van der Waals surface area contributed by atoms with Gasteiger partial charge in [-0.05, 0) is 13.1 Å². The minimum Gasteiger partial charge on any atom is -0.459 e. The summed E-state index contributed by atoms with van der Waals surface area (Å²) in [5, 5.41) is 0.817. The summed E-state index contributed by atoms with van der Waals surface area (Å²) in [6.07, 6.45) is 3.21. The van der Waals surface area contributed by atoms with Crippen molar-refractivity contribution in [1.82, 2.24) is 9.47 Å². The molecule has 6 heteroatoms. The van der Waals surface area contributed by atoms with Crippen molar-refractivity contribution in [3.8, 4) is 0 Å². The zero-order valence-electron chi connectivity index (χ0n) is 14.4. The number of nitrogens with zero attached hydrogens (tertiary/aromatic N) is 2. The molecule has 0 N–H and O–H groups in total. The third kappa shape index (κ3) is 3.04. The van der Waals surface area contributed by atoms with Crippen molar-refractivity contribution in [2.24, 2.45) is 0 Å². The number of aromatic nitrogens is 1. The average Bonchev–Trinajstić information content (AvgIpc) is 2.95. The molecule has 0 spiro atoms. The number of piperidine rings is 1. The van der Waals surface area contributed by atoms with Crippen LogP contribution in [0, 0.1) is 0 Å². The fourth-order valence-electron chi connectivity index (χ4n) is 4.04. The summed E-state index contributed by atoms with van der Waals surface area (Å²) in [7, 11) is 2.11. The Morgan fingerprint density at radius 2 is 2.00 bits per heavy atom. The number of hydrogen-bond donors (Lipinski definition) is 0. The lowest BCUT2D eigenvalue weighted by Crippen LogP contribution is -2.56. The highest BCUT2D eigenvalue weighted by atomic mass is 19.1. The molecule has 134 valence electrons. The Bertz CT molecular complexity index is 761. The van der Waals surface area contributed by atoms with E-state index < -0.39 is 6.67 Å². The molecule has 2 fully saturated rings. The number of fused-ring (bicyclic) bond motifs is 3. The number of likely N-dealkylation sites (N-methyl/N-ethyl adjacent to an activating group) is 1. The first-order chi connectivity index (χ1) is 12.2. The minimum absolute atomic E-state index is 0.0918. The largest absolute Gasteiger partial charge is 0.459 e. The second-order valence-corrected chi connectivity index (χ2v) is 6.95. The maximum Gasteiger partial charge on any atom is 0.340 e. The van der Waals surface area contributed by atoms with E-state index in [-0.39, 0.29) is 18.6 Å². The smallest absolute Gasteiger partial charge is 0.340 e. The van der Waals surface area contributed by atoms with Gasteiger partial charge in [-0.25, -0.2) is 9.18 Å². The fourth-order valence-corrected chi connectivity index (χ4v) is 4.04. The van der Waals surface area contributed by atoms with Crippen molar-refractivity contribution < 1.29 is 18.7 Å². The molecule has 2 bridgehead atoms. The van der Waals surface area contributed by atoms with Crippen LogP contribution in [0.1, 0.15) is 23.2 Å². The molecule has 1 aromatic heterocycles. The Kier molecular flexibility index (Phi) is 4.48. The van der Waals surface area contributed by atoms with Crippen molar-refractivity contribution in [1.29, 1.82) is 0 Å². The highest BCUT2D eigenvalue weighted by molar-refractivity contribution is 6.04. The van der Waals surface area contributed by atoms with Crippen LogP contribution in [0.2, 0.25) is 0 Å². The van der Waals surface area contributed by atoms with Gasteiger partial charge in [0.15, 0.2) is 0 Å². The third-order valence-corrected chi connectivity index (χ3v) is 5.45. The number of carbonyl (C=O) groups excluding carboxylic acids is 1. The number of rotatable bonds is 4. The predicted octanol–water partition coefficient (Wildman–Crippen LogP) is 2.63. The van der Waals surface area contributed by atoms with E-state index in [9.17, 15) is 9.18 Å². The SMILES string of the molecule is CN1C2COCC1CC(OC(=O)c1cn(CCF)c3ccccc13)C2. The Hall–Kier alpha value is -1.92. The van der Waals surface area contributed by atoms with E-state index in [0.717, 1.165) is 23.7 Å². The van der Waals surface area contributed by atoms with Gasteiger partial charge in [-0.2, -0.15) is 0 Å². The number of aryl methyl sites for hydroxylation is 1. The Balaban J connectivity index is 1.54. The maximum atomic E-state index is 12.8. The third-order valence-electron chi connectivity index (χ3n) is 5.45. The second kappa shape index (κ2) is 6.77. The highest BCUT2D eigenvalue weighted by Crippen LogP contribution is 2.29. The quantitative estimate of drug-likeness (QED) is 0.799. The van der Waals surface area contributed by atoms with Gasteiger partial charge in [-0.3, -0.25) is 4.90 Å². The van der Waals surface area contributed by atoms with Crippen molar-refractivity contribution in [3.63, 3.8) is 0 Å². The molecule has 4 rings (SSSR count). The molecule has 0 amide bonds. The molecule has 1 aromatic carbocycles. The molecule has 2 unspecified atom stereocenters. The number of alkyl halides is 1. The predicted molar refractivity (Wildman–Crippen MR) is 92.5 cm³/mol. The molecule has 0 saturated carbocycles. The molecular weight excluding hydrogens is 323 g/mol. The number of esters is 1. The monoisotopic (exact) mass is 346 g/mol. The number of benzene rings is 1. The Morgan fingerprint density at radius 1 is 1.28 bits per heavy atom. The van der Waals surface area contributed by atoms with Crippen LogP contribution in [-0.4, -0.2) is 60.6 Å². The van der Waals surface area contributed by atoms with E-state index >= 15 is 0 Å². The molecule has 2 aliphatic rings. The van der Waals surface area contributed by atoms with Gasteiger partial charge in [0.1, 0.15) is 12.8 Å². The van der Waals surface area contributed by atoms with Gasteiger partial charge in [0.25, 0.3) is 0 Å². The number of morpholine rings is 1. The molecule has 0 radical (unpaired) electrons. The minimum atomic E-state index is -0.467. The van der Waals surface area contributed by atoms with E-state index in [2.05, 4.69) is 11.9 Å². The van der Waals surface area contributed by atoms with E-state index in [0.29, 0.717) is 30.9 Å². The van der Waals surface area contributed by atoms with Gasteiger partial charge in [0.05, 0.1) is 25.3 Å². The van der Waals surface area contributed by atoms with E-state index in [1.807, 2.05) is 24.3 Å². The topological polar surface area (TPSA) is 43.7 Å². The van der Waals surface area contributed by atoms with Crippen LogP contribution in [-0.2, 0) is 16.0 Å². The number of ether oxygens (including phenoxy) is 2. The van der Waals surface area contributed by atoms with Gasteiger partial charge >= 0.3 is 5.97 Å². The van der Waals surface area contributed by atoms with Gasteiger partial charge in [0, 0.05) is 42.0 Å².